The summed E-state index contributed by atoms with van der Waals surface area (Å²) < 4.78 is 6.55. The number of hydrogen-bond acceptors (Lipinski definition) is 3. The van der Waals surface area contributed by atoms with E-state index in [1.54, 1.807) is 0 Å². The Bertz CT molecular complexity index is 459. The SMILES string of the molecule is Cc1ccc(OCCC(=O)NC2CCCNC2)c(Br)c1. The number of nitrogens with one attached hydrogen (secondary N) is 2. The molecular weight excluding hydrogens is 320 g/mol. The van der Waals surface area contributed by atoms with Crippen molar-refractivity contribution in [3.8, 4) is 5.75 Å². The van der Waals surface area contributed by atoms with Crippen LogP contribution >= 0.6 is 15.9 Å². The van der Waals surface area contributed by atoms with Crippen molar-refractivity contribution in [3.63, 3.8) is 0 Å². The van der Waals surface area contributed by atoms with Crippen LogP contribution < -0.4 is 15.4 Å². The van der Waals surface area contributed by atoms with Crippen molar-refractivity contribution in [2.75, 3.05) is 19.7 Å². The Balaban J connectivity index is 1.70. The lowest BCUT2D eigenvalue weighted by molar-refractivity contribution is -0.122. The molecule has 110 valence electrons. The highest BCUT2D eigenvalue weighted by molar-refractivity contribution is 9.10. The Morgan fingerprint density at radius 1 is 1.55 bits per heavy atom. The van der Waals surface area contributed by atoms with Crippen LogP contribution in [-0.2, 0) is 4.79 Å². The first kappa shape index (κ1) is 15.3. The minimum atomic E-state index is 0.0573. The van der Waals surface area contributed by atoms with E-state index in [4.69, 9.17) is 4.74 Å². The van der Waals surface area contributed by atoms with Crippen molar-refractivity contribution in [2.45, 2.75) is 32.2 Å². The summed E-state index contributed by atoms with van der Waals surface area (Å²) in [5.41, 5.74) is 1.17. The third kappa shape index (κ3) is 4.80. The van der Waals surface area contributed by atoms with Crippen LogP contribution in [0.15, 0.2) is 22.7 Å². The maximum atomic E-state index is 11.8. The molecule has 1 unspecified atom stereocenters. The first-order chi connectivity index (χ1) is 9.65. The molecular formula is C15H21BrN2O2. The van der Waals surface area contributed by atoms with Gasteiger partial charge in [0, 0.05) is 12.6 Å². The highest BCUT2D eigenvalue weighted by Gasteiger charge is 2.15. The maximum Gasteiger partial charge on any atom is 0.223 e. The molecule has 1 heterocycles. The lowest BCUT2D eigenvalue weighted by Gasteiger charge is -2.23. The van der Waals surface area contributed by atoms with Gasteiger partial charge in [-0.05, 0) is 59.9 Å². The van der Waals surface area contributed by atoms with Gasteiger partial charge in [-0.25, -0.2) is 0 Å². The van der Waals surface area contributed by atoms with Gasteiger partial charge in [-0.3, -0.25) is 4.79 Å². The molecule has 0 bridgehead atoms. The summed E-state index contributed by atoms with van der Waals surface area (Å²) in [5, 5.41) is 6.32. The van der Waals surface area contributed by atoms with Crippen molar-refractivity contribution in [1.29, 1.82) is 0 Å². The summed E-state index contributed by atoms with van der Waals surface area (Å²) >= 11 is 3.46. The predicted molar refractivity (Wildman–Crippen MR) is 83.0 cm³/mol. The van der Waals surface area contributed by atoms with Gasteiger partial charge in [0.1, 0.15) is 5.75 Å². The molecule has 5 heteroatoms. The fourth-order valence-electron chi connectivity index (χ4n) is 2.25. The molecule has 1 aromatic carbocycles. The molecule has 0 aromatic heterocycles. The Morgan fingerprint density at radius 3 is 3.10 bits per heavy atom. The number of rotatable bonds is 5. The molecule has 4 nitrogen and oxygen atoms in total. The standard InChI is InChI=1S/C15H21BrN2O2/c1-11-4-5-14(13(16)9-11)20-8-6-15(19)18-12-3-2-7-17-10-12/h4-5,9,12,17H,2-3,6-8,10H2,1H3,(H,18,19). The zero-order valence-electron chi connectivity index (χ0n) is 11.7. The monoisotopic (exact) mass is 340 g/mol. The summed E-state index contributed by atoms with van der Waals surface area (Å²) in [4.78, 5) is 11.8. The molecule has 0 aliphatic carbocycles. The van der Waals surface area contributed by atoms with Crippen molar-refractivity contribution in [1.82, 2.24) is 10.6 Å². The predicted octanol–water partition coefficient (Wildman–Crippen LogP) is 2.39. The molecule has 1 saturated heterocycles. The van der Waals surface area contributed by atoms with Crippen LogP contribution in [0.2, 0.25) is 0 Å². The molecule has 1 aliphatic rings. The molecule has 1 atom stereocenters. The van der Waals surface area contributed by atoms with E-state index < -0.39 is 0 Å². The fourth-order valence-corrected chi connectivity index (χ4v) is 2.86. The summed E-state index contributed by atoms with van der Waals surface area (Å²) in [6, 6.07) is 6.18. The molecule has 20 heavy (non-hydrogen) atoms. The van der Waals surface area contributed by atoms with E-state index in [-0.39, 0.29) is 11.9 Å². The molecule has 0 saturated carbocycles. The molecule has 0 radical (unpaired) electrons. The number of aryl methyl sites for hydroxylation is 1. The van der Waals surface area contributed by atoms with E-state index in [9.17, 15) is 4.79 Å². The number of piperidine rings is 1. The quantitative estimate of drug-likeness (QED) is 0.865. The molecule has 2 N–H and O–H groups in total. The summed E-state index contributed by atoms with van der Waals surface area (Å²) in [5.74, 6) is 0.838. The van der Waals surface area contributed by atoms with Gasteiger partial charge in [-0.2, -0.15) is 0 Å². The van der Waals surface area contributed by atoms with Crippen LogP contribution in [0.3, 0.4) is 0 Å². The van der Waals surface area contributed by atoms with Crippen LogP contribution in [0.25, 0.3) is 0 Å². The fraction of sp³-hybridized carbons (Fsp3) is 0.533. The second-order valence-corrected chi connectivity index (χ2v) is 6.00. The molecule has 0 spiro atoms. The second-order valence-electron chi connectivity index (χ2n) is 5.14. The van der Waals surface area contributed by atoms with E-state index >= 15 is 0 Å². The van der Waals surface area contributed by atoms with E-state index in [1.807, 2.05) is 25.1 Å². The van der Waals surface area contributed by atoms with Crippen molar-refractivity contribution in [2.24, 2.45) is 0 Å². The van der Waals surface area contributed by atoms with Gasteiger partial charge >= 0.3 is 0 Å². The average Bonchev–Trinajstić information content (AvgIpc) is 2.42. The van der Waals surface area contributed by atoms with E-state index in [0.29, 0.717) is 13.0 Å². The van der Waals surface area contributed by atoms with Gasteiger partial charge < -0.3 is 15.4 Å². The highest BCUT2D eigenvalue weighted by Crippen LogP contribution is 2.25. The smallest absolute Gasteiger partial charge is 0.223 e. The lowest BCUT2D eigenvalue weighted by atomic mass is 10.1. The van der Waals surface area contributed by atoms with Crippen molar-refractivity contribution in [3.05, 3.63) is 28.2 Å². The molecule has 1 amide bonds. The third-order valence-corrected chi connectivity index (χ3v) is 3.96. The Morgan fingerprint density at radius 2 is 2.40 bits per heavy atom. The Labute approximate surface area is 128 Å². The highest BCUT2D eigenvalue weighted by atomic mass is 79.9. The summed E-state index contributed by atoms with van der Waals surface area (Å²) in [7, 11) is 0. The second kappa shape index (κ2) is 7.64. The number of benzene rings is 1. The first-order valence-electron chi connectivity index (χ1n) is 7.04. The number of carbonyl (C=O) groups excluding carboxylic acids is 1. The number of carbonyl (C=O) groups is 1. The van der Waals surface area contributed by atoms with Crippen LogP contribution in [0.1, 0.15) is 24.8 Å². The number of halogens is 1. The van der Waals surface area contributed by atoms with Gasteiger partial charge in [0.05, 0.1) is 17.5 Å². The van der Waals surface area contributed by atoms with Crippen LogP contribution in [-0.4, -0.2) is 31.6 Å². The van der Waals surface area contributed by atoms with Crippen LogP contribution in [0, 0.1) is 6.92 Å². The number of amides is 1. The first-order valence-corrected chi connectivity index (χ1v) is 7.83. The molecule has 1 aliphatic heterocycles. The topological polar surface area (TPSA) is 50.4 Å². The zero-order chi connectivity index (χ0) is 14.4. The van der Waals surface area contributed by atoms with Gasteiger partial charge in [0.25, 0.3) is 0 Å². The lowest BCUT2D eigenvalue weighted by Crippen LogP contribution is -2.45. The van der Waals surface area contributed by atoms with Crippen molar-refractivity contribution < 1.29 is 9.53 Å². The summed E-state index contributed by atoms with van der Waals surface area (Å²) in [6.07, 6.45) is 2.57. The van der Waals surface area contributed by atoms with Crippen molar-refractivity contribution >= 4 is 21.8 Å². The largest absolute Gasteiger partial charge is 0.492 e. The Kier molecular flexibility index (Phi) is 5.86. The van der Waals surface area contributed by atoms with Gasteiger partial charge in [-0.1, -0.05) is 6.07 Å². The Hall–Kier alpha value is -1.07. The minimum absolute atomic E-state index is 0.0573. The van der Waals surface area contributed by atoms with E-state index in [1.165, 1.54) is 5.56 Å². The van der Waals surface area contributed by atoms with Crippen LogP contribution in [0.5, 0.6) is 5.75 Å². The van der Waals surface area contributed by atoms with E-state index in [0.717, 1.165) is 36.2 Å². The third-order valence-electron chi connectivity index (χ3n) is 3.34. The van der Waals surface area contributed by atoms with Gasteiger partial charge in [-0.15, -0.1) is 0 Å². The van der Waals surface area contributed by atoms with E-state index in [2.05, 4.69) is 26.6 Å². The van der Waals surface area contributed by atoms with Gasteiger partial charge in [0.2, 0.25) is 5.91 Å². The molecule has 2 rings (SSSR count). The molecule has 1 aromatic rings. The zero-order valence-corrected chi connectivity index (χ0v) is 13.3. The minimum Gasteiger partial charge on any atom is -0.492 e. The molecule has 1 fully saturated rings. The number of ether oxygens (including phenoxy) is 1. The van der Waals surface area contributed by atoms with Crippen LogP contribution in [0.4, 0.5) is 0 Å². The number of hydrogen-bond donors (Lipinski definition) is 2. The van der Waals surface area contributed by atoms with Gasteiger partial charge in [0.15, 0.2) is 0 Å². The summed E-state index contributed by atoms with van der Waals surface area (Å²) in [6.45, 7) is 4.35. The maximum absolute atomic E-state index is 11.8. The normalized spacial score (nSPS) is 18.6. The average molecular weight is 341 g/mol.